The van der Waals surface area contributed by atoms with E-state index in [1.54, 1.807) is 0 Å². The van der Waals surface area contributed by atoms with Gasteiger partial charge in [0.15, 0.2) is 0 Å². The van der Waals surface area contributed by atoms with Gasteiger partial charge < -0.3 is 15.2 Å². The van der Waals surface area contributed by atoms with Gasteiger partial charge in [-0.1, -0.05) is 0 Å². The number of alkyl carbamates (subject to hydrolysis) is 1. The first-order chi connectivity index (χ1) is 14.4. The standard InChI is InChI=1S/C26H39NO4/c1-22(2,3)31-21(30)27-26-12-18-5-19(13-26)11-25(10-18,15-26)24-8-16-4-17(9-24)7-23(6-16,14-24)20(28)29/h16-19H,4-15H2,1-3H3,(H,27,30)(H,28,29). The molecule has 1 amide bonds. The fourth-order valence-corrected chi connectivity index (χ4v) is 10.7. The van der Waals surface area contributed by atoms with Crippen molar-refractivity contribution >= 4 is 12.1 Å². The summed E-state index contributed by atoms with van der Waals surface area (Å²) in [6.07, 6.45) is 13.2. The highest BCUT2D eigenvalue weighted by atomic mass is 16.6. The van der Waals surface area contributed by atoms with Crippen LogP contribution in [0.5, 0.6) is 0 Å². The van der Waals surface area contributed by atoms with Gasteiger partial charge in [-0.2, -0.15) is 0 Å². The van der Waals surface area contributed by atoms with E-state index < -0.39 is 17.0 Å². The minimum Gasteiger partial charge on any atom is -0.481 e. The molecule has 0 heterocycles. The average molecular weight is 430 g/mol. The van der Waals surface area contributed by atoms with E-state index in [1.807, 2.05) is 20.8 Å². The highest BCUT2D eigenvalue weighted by Gasteiger charge is 2.71. The van der Waals surface area contributed by atoms with Crippen molar-refractivity contribution in [2.45, 2.75) is 109 Å². The van der Waals surface area contributed by atoms with Gasteiger partial charge in [-0.3, -0.25) is 4.79 Å². The quantitative estimate of drug-likeness (QED) is 0.619. The third-order valence-corrected chi connectivity index (χ3v) is 10.5. The third-order valence-electron chi connectivity index (χ3n) is 10.5. The smallest absolute Gasteiger partial charge is 0.408 e. The molecule has 0 radical (unpaired) electrons. The molecule has 8 aliphatic carbocycles. The lowest BCUT2D eigenvalue weighted by Crippen LogP contribution is -2.69. The Morgan fingerprint density at radius 2 is 1.29 bits per heavy atom. The maximum atomic E-state index is 12.8. The van der Waals surface area contributed by atoms with Crippen LogP contribution in [0.4, 0.5) is 4.79 Å². The number of hydrogen-bond acceptors (Lipinski definition) is 3. The van der Waals surface area contributed by atoms with Crippen LogP contribution >= 0.6 is 0 Å². The minimum atomic E-state index is -0.530. The van der Waals surface area contributed by atoms with Gasteiger partial charge >= 0.3 is 12.1 Å². The van der Waals surface area contributed by atoms with E-state index >= 15 is 0 Å². The highest BCUT2D eigenvalue weighted by molar-refractivity contribution is 5.75. The zero-order valence-electron chi connectivity index (χ0n) is 19.5. The molecule has 8 aliphatic rings. The average Bonchev–Trinajstić information content (AvgIpc) is 2.56. The Morgan fingerprint density at radius 1 is 0.806 bits per heavy atom. The zero-order valence-corrected chi connectivity index (χ0v) is 19.5. The van der Waals surface area contributed by atoms with Crippen LogP contribution in [-0.4, -0.2) is 28.3 Å². The molecule has 2 N–H and O–H groups in total. The van der Waals surface area contributed by atoms with Crippen molar-refractivity contribution < 1.29 is 19.4 Å². The number of ether oxygens (including phenoxy) is 1. The number of carboxylic acid groups (broad SMARTS) is 1. The molecule has 8 saturated carbocycles. The Balaban J connectivity index is 1.34. The number of nitrogens with one attached hydrogen (secondary N) is 1. The lowest BCUT2D eigenvalue weighted by Gasteiger charge is -2.73. The van der Waals surface area contributed by atoms with Crippen LogP contribution in [0.2, 0.25) is 0 Å². The summed E-state index contributed by atoms with van der Waals surface area (Å²) in [5, 5.41) is 13.7. The molecule has 0 saturated heterocycles. The fourth-order valence-electron chi connectivity index (χ4n) is 10.7. The van der Waals surface area contributed by atoms with Crippen LogP contribution in [0.25, 0.3) is 0 Å². The molecule has 0 spiro atoms. The molecule has 4 unspecified atom stereocenters. The maximum Gasteiger partial charge on any atom is 0.408 e. The molecule has 0 aromatic carbocycles. The van der Waals surface area contributed by atoms with E-state index in [1.165, 1.54) is 38.5 Å². The number of hydrogen-bond donors (Lipinski definition) is 2. The molecular formula is C26H39NO4. The molecular weight excluding hydrogens is 390 g/mol. The van der Waals surface area contributed by atoms with Crippen molar-refractivity contribution in [2.75, 3.05) is 0 Å². The van der Waals surface area contributed by atoms with E-state index in [0.29, 0.717) is 23.7 Å². The van der Waals surface area contributed by atoms with Crippen molar-refractivity contribution in [2.24, 2.45) is 39.9 Å². The summed E-state index contributed by atoms with van der Waals surface area (Å²) in [4.78, 5) is 25.3. The Labute approximate surface area is 186 Å². The second-order valence-corrected chi connectivity index (χ2v) is 14.0. The molecule has 8 bridgehead atoms. The number of rotatable bonds is 3. The molecule has 8 rings (SSSR count). The fraction of sp³-hybridized carbons (Fsp3) is 0.923. The minimum absolute atomic E-state index is 0.147. The summed E-state index contributed by atoms with van der Waals surface area (Å²) < 4.78 is 5.68. The summed E-state index contributed by atoms with van der Waals surface area (Å²) in [7, 11) is 0. The number of carbonyl (C=O) groups excluding carboxylic acids is 1. The molecule has 0 aromatic heterocycles. The van der Waals surface area contributed by atoms with Gasteiger partial charge in [-0.25, -0.2) is 4.79 Å². The van der Waals surface area contributed by atoms with Crippen LogP contribution < -0.4 is 5.32 Å². The predicted molar refractivity (Wildman–Crippen MR) is 116 cm³/mol. The van der Waals surface area contributed by atoms with Crippen molar-refractivity contribution in [1.82, 2.24) is 5.32 Å². The summed E-state index contributed by atoms with van der Waals surface area (Å²) in [6.45, 7) is 5.78. The van der Waals surface area contributed by atoms with E-state index in [0.717, 1.165) is 38.5 Å². The van der Waals surface area contributed by atoms with Gasteiger partial charge in [0.25, 0.3) is 0 Å². The Hall–Kier alpha value is -1.26. The second-order valence-electron chi connectivity index (χ2n) is 14.0. The second kappa shape index (κ2) is 5.99. The first kappa shape index (κ1) is 20.4. The molecule has 4 atom stereocenters. The maximum absolute atomic E-state index is 12.8. The Morgan fingerprint density at radius 3 is 1.77 bits per heavy atom. The first-order valence-electron chi connectivity index (χ1n) is 12.7. The topological polar surface area (TPSA) is 75.6 Å². The Bertz CT molecular complexity index is 798. The lowest BCUT2D eigenvalue weighted by atomic mass is 9.32. The molecule has 5 nitrogen and oxygen atoms in total. The van der Waals surface area contributed by atoms with E-state index in [2.05, 4.69) is 5.32 Å². The number of carbonyl (C=O) groups is 2. The monoisotopic (exact) mass is 429 g/mol. The van der Waals surface area contributed by atoms with Crippen LogP contribution in [0.15, 0.2) is 0 Å². The summed E-state index contributed by atoms with van der Waals surface area (Å²) in [6, 6.07) is 0. The molecule has 0 aromatic rings. The largest absolute Gasteiger partial charge is 0.481 e. The molecule has 31 heavy (non-hydrogen) atoms. The van der Waals surface area contributed by atoms with Gasteiger partial charge in [0.05, 0.1) is 5.41 Å². The molecule has 8 fully saturated rings. The van der Waals surface area contributed by atoms with Crippen LogP contribution in [-0.2, 0) is 9.53 Å². The van der Waals surface area contributed by atoms with E-state index in [-0.39, 0.29) is 22.5 Å². The molecule has 0 aliphatic heterocycles. The van der Waals surface area contributed by atoms with Crippen molar-refractivity contribution in [3.8, 4) is 0 Å². The lowest BCUT2D eigenvalue weighted by molar-refractivity contribution is -0.231. The highest BCUT2D eigenvalue weighted by Crippen LogP contribution is 2.77. The Kier molecular flexibility index (Phi) is 3.94. The predicted octanol–water partition coefficient (Wildman–Crippen LogP) is 5.52. The summed E-state index contributed by atoms with van der Waals surface area (Å²) in [5.74, 6) is 2.01. The van der Waals surface area contributed by atoms with Gasteiger partial charge in [0.2, 0.25) is 0 Å². The number of carboxylic acids is 1. The van der Waals surface area contributed by atoms with Gasteiger partial charge in [0, 0.05) is 5.54 Å². The van der Waals surface area contributed by atoms with Gasteiger partial charge in [0.1, 0.15) is 5.60 Å². The van der Waals surface area contributed by atoms with E-state index in [9.17, 15) is 14.7 Å². The third kappa shape index (κ3) is 2.93. The molecule has 5 heteroatoms. The number of amides is 1. The summed E-state index contributed by atoms with van der Waals surface area (Å²) >= 11 is 0. The van der Waals surface area contributed by atoms with Crippen molar-refractivity contribution in [3.05, 3.63) is 0 Å². The van der Waals surface area contributed by atoms with Crippen LogP contribution in [0.3, 0.4) is 0 Å². The first-order valence-corrected chi connectivity index (χ1v) is 12.7. The van der Waals surface area contributed by atoms with Gasteiger partial charge in [-0.05, 0) is 132 Å². The molecule has 172 valence electrons. The van der Waals surface area contributed by atoms with Crippen molar-refractivity contribution in [3.63, 3.8) is 0 Å². The number of aliphatic carboxylic acids is 1. The SMILES string of the molecule is CC(C)(C)OC(=O)NC12CC3CC(C1)CC(C14CC5CC(CC(C(=O)O)(C5)C1)C4)(C3)C2. The van der Waals surface area contributed by atoms with E-state index in [4.69, 9.17) is 4.74 Å². The zero-order chi connectivity index (χ0) is 21.9. The van der Waals surface area contributed by atoms with Crippen molar-refractivity contribution in [1.29, 1.82) is 0 Å². The van der Waals surface area contributed by atoms with Crippen LogP contribution in [0.1, 0.15) is 97.8 Å². The van der Waals surface area contributed by atoms with Gasteiger partial charge in [-0.15, -0.1) is 0 Å². The normalized spacial score (nSPS) is 51.7. The summed E-state index contributed by atoms with van der Waals surface area (Å²) in [5.41, 5.74) is -0.720. The van der Waals surface area contributed by atoms with Crippen LogP contribution in [0, 0.1) is 39.9 Å².